The number of carbonyl (C=O) groups excluding carboxylic acids is 1. The highest BCUT2D eigenvalue weighted by Crippen LogP contribution is 2.32. The van der Waals surface area contributed by atoms with Crippen LogP contribution in [0.3, 0.4) is 0 Å². The Hall–Kier alpha value is -1.54. The maximum Gasteiger partial charge on any atom is 0.226 e. The maximum atomic E-state index is 12.4. The van der Waals surface area contributed by atoms with Crippen LogP contribution in [0.1, 0.15) is 18.4 Å². The molecule has 1 fully saturated rings. The van der Waals surface area contributed by atoms with Crippen LogP contribution in [0.4, 0.5) is 0 Å². The summed E-state index contributed by atoms with van der Waals surface area (Å²) in [6.07, 6.45) is 2.54. The average Bonchev–Trinajstić information content (AvgIpc) is 2.46. The van der Waals surface area contributed by atoms with E-state index in [9.17, 15) is 4.79 Å². The van der Waals surface area contributed by atoms with Crippen LogP contribution in [0.2, 0.25) is 0 Å². The van der Waals surface area contributed by atoms with Gasteiger partial charge in [0.15, 0.2) is 0 Å². The number of nitrogens with zero attached hydrogens (tertiary/aromatic N) is 1. The van der Waals surface area contributed by atoms with E-state index in [0.29, 0.717) is 17.7 Å². The molecular formula is C18H20ClNO. The van der Waals surface area contributed by atoms with Crippen molar-refractivity contribution < 1.29 is 4.79 Å². The second kappa shape index (κ2) is 6.07. The molecule has 0 heterocycles. The van der Waals surface area contributed by atoms with Crippen LogP contribution in [0, 0.1) is 5.92 Å². The van der Waals surface area contributed by atoms with Crippen molar-refractivity contribution in [1.29, 1.82) is 0 Å². The van der Waals surface area contributed by atoms with E-state index in [4.69, 9.17) is 11.6 Å². The highest BCUT2D eigenvalue weighted by molar-refractivity contribution is 6.21. The summed E-state index contributed by atoms with van der Waals surface area (Å²) in [5, 5.41) is 2.68. The molecule has 3 rings (SSSR count). The first-order chi connectivity index (χ1) is 10.1. The lowest BCUT2D eigenvalue weighted by Crippen LogP contribution is -2.38. The molecule has 110 valence electrons. The number of fused-ring (bicyclic) bond motifs is 1. The highest BCUT2D eigenvalue weighted by atomic mass is 35.5. The van der Waals surface area contributed by atoms with Gasteiger partial charge in [-0.2, -0.15) is 0 Å². The van der Waals surface area contributed by atoms with Crippen LogP contribution in [0.25, 0.3) is 10.8 Å². The Morgan fingerprint density at radius 3 is 2.67 bits per heavy atom. The minimum atomic E-state index is 0.185. The molecule has 0 aromatic heterocycles. The van der Waals surface area contributed by atoms with Crippen LogP contribution in [-0.2, 0) is 11.2 Å². The molecule has 2 aromatic rings. The lowest BCUT2D eigenvalue weighted by molar-refractivity contribution is -0.130. The van der Waals surface area contributed by atoms with E-state index in [1.165, 1.54) is 10.8 Å². The van der Waals surface area contributed by atoms with Gasteiger partial charge < -0.3 is 4.90 Å². The van der Waals surface area contributed by atoms with Crippen LogP contribution < -0.4 is 0 Å². The zero-order valence-corrected chi connectivity index (χ0v) is 13.0. The Morgan fingerprint density at radius 1 is 1.19 bits per heavy atom. The SMILES string of the molecule is CN(CC1CC(Cl)C1)C(=O)Cc1cccc2ccccc12. The fourth-order valence-electron chi connectivity index (χ4n) is 3.04. The summed E-state index contributed by atoms with van der Waals surface area (Å²) in [6.45, 7) is 0.826. The molecule has 0 unspecified atom stereocenters. The highest BCUT2D eigenvalue weighted by Gasteiger charge is 2.29. The van der Waals surface area contributed by atoms with Crippen molar-refractivity contribution in [3.05, 3.63) is 48.0 Å². The first-order valence-electron chi connectivity index (χ1n) is 7.48. The molecule has 1 aliphatic carbocycles. The molecule has 1 amide bonds. The van der Waals surface area contributed by atoms with Gasteiger partial charge in [-0.1, -0.05) is 42.5 Å². The van der Waals surface area contributed by atoms with Crippen LogP contribution in [-0.4, -0.2) is 29.8 Å². The summed E-state index contributed by atoms with van der Waals surface area (Å²) in [5.74, 6) is 0.762. The Bertz CT molecular complexity index is 643. The Labute approximate surface area is 130 Å². The number of rotatable bonds is 4. The molecule has 1 aliphatic rings. The molecule has 1 saturated carbocycles. The summed E-state index contributed by atoms with van der Waals surface area (Å²) in [7, 11) is 1.90. The predicted octanol–water partition coefficient (Wildman–Crippen LogP) is 3.86. The molecule has 0 bridgehead atoms. The van der Waals surface area contributed by atoms with Crippen LogP contribution >= 0.6 is 11.6 Å². The number of carbonyl (C=O) groups is 1. The second-order valence-electron chi connectivity index (χ2n) is 6.02. The molecule has 21 heavy (non-hydrogen) atoms. The van der Waals surface area contributed by atoms with Gasteiger partial charge in [0.05, 0.1) is 6.42 Å². The topological polar surface area (TPSA) is 20.3 Å². The third kappa shape index (κ3) is 3.21. The Balaban J connectivity index is 1.68. The zero-order valence-electron chi connectivity index (χ0n) is 12.3. The first kappa shape index (κ1) is 14.4. The molecule has 3 heteroatoms. The van der Waals surface area contributed by atoms with E-state index in [2.05, 4.69) is 18.2 Å². The minimum absolute atomic E-state index is 0.185. The third-order valence-electron chi connectivity index (χ3n) is 4.36. The predicted molar refractivity (Wildman–Crippen MR) is 87.7 cm³/mol. The number of benzene rings is 2. The smallest absolute Gasteiger partial charge is 0.226 e. The molecule has 2 nitrogen and oxygen atoms in total. The maximum absolute atomic E-state index is 12.4. The van der Waals surface area contributed by atoms with Crippen molar-refractivity contribution in [3.63, 3.8) is 0 Å². The van der Waals surface area contributed by atoms with E-state index >= 15 is 0 Å². The number of alkyl halides is 1. The van der Waals surface area contributed by atoms with Gasteiger partial charge in [-0.3, -0.25) is 4.79 Å². The summed E-state index contributed by atoms with van der Waals surface area (Å²) in [4.78, 5) is 14.3. The summed E-state index contributed by atoms with van der Waals surface area (Å²) >= 11 is 6.00. The zero-order chi connectivity index (χ0) is 14.8. The molecule has 0 atom stereocenters. The number of halogens is 1. The standard InChI is InChI=1S/C18H20ClNO/c1-20(12-13-9-16(19)10-13)18(21)11-15-7-4-6-14-5-2-3-8-17(14)15/h2-8,13,16H,9-12H2,1H3. The van der Waals surface area contributed by atoms with Gasteiger partial charge in [0.2, 0.25) is 5.91 Å². The third-order valence-corrected chi connectivity index (χ3v) is 4.71. The fourth-order valence-corrected chi connectivity index (χ4v) is 3.54. The molecule has 0 spiro atoms. The largest absolute Gasteiger partial charge is 0.345 e. The molecular weight excluding hydrogens is 282 g/mol. The molecule has 2 aromatic carbocycles. The lowest BCUT2D eigenvalue weighted by Gasteiger charge is -2.34. The molecule has 0 radical (unpaired) electrons. The van der Waals surface area contributed by atoms with Crippen molar-refractivity contribution in [2.45, 2.75) is 24.6 Å². The van der Waals surface area contributed by atoms with E-state index in [0.717, 1.165) is 24.9 Å². The minimum Gasteiger partial charge on any atom is -0.345 e. The van der Waals surface area contributed by atoms with Gasteiger partial charge in [-0.15, -0.1) is 11.6 Å². The van der Waals surface area contributed by atoms with E-state index < -0.39 is 0 Å². The number of amides is 1. The van der Waals surface area contributed by atoms with E-state index in [-0.39, 0.29) is 5.91 Å². The number of hydrogen-bond donors (Lipinski definition) is 0. The summed E-state index contributed by atoms with van der Waals surface area (Å²) < 4.78 is 0. The first-order valence-corrected chi connectivity index (χ1v) is 7.92. The summed E-state index contributed by atoms with van der Waals surface area (Å²) in [6, 6.07) is 14.4. The fraction of sp³-hybridized carbons (Fsp3) is 0.389. The van der Waals surface area contributed by atoms with Crippen molar-refractivity contribution in [1.82, 2.24) is 4.90 Å². The van der Waals surface area contributed by atoms with E-state index in [1.54, 1.807) is 0 Å². The second-order valence-corrected chi connectivity index (χ2v) is 6.64. The van der Waals surface area contributed by atoms with Gasteiger partial charge in [-0.25, -0.2) is 0 Å². The normalized spacial score (nSPS) is 21.0. The number of likely N-dealkylation sites (N-methyl/N-ethyl adjacent to an activating group) is 1. The van der Waals surface area contributed by atoms with Gasteiger partial charge in [0, 0.05) is 19.0 Å². The molecule has 0 aliphatic heterocycles. The molecule has 0 N–H and O–H groups in total. The van der Waals surface area contributed by atoms with Crippen molar-refractivity contribution in [2.24, 2.45) is 5.92 Å². The van der Waals surface area contributed by atoms with Gasteiger partial charge in [0.1, 0.15) is 0 Å². The van der Waals surface area contributed by atoms with E-state index in [1.807, 2.05) is 36.2 Å². The van der Waals surface area contributed by atoms with Crippen LogP contribution in [0.15, 0.2) is 42.5 Å². The van der Waals surface area contributed by atoms with Crippen molar-refractivity contribution in [2.75, 3.05) is 13.6 Å². The number of hydrogen-bond acceptors (Lipinski definition) is 1. The van der Waals surface area contributed by atoms with Gasteiger partial charge in [0.25, 0.3) is 0 Å². The average molecular weight is 302 g/mol. The summed E-state index contributed by atoms with van der Waals surface area (Å²) in [5.41, 5.74) is 1.11. The molecule has 0 saturated heterocycles. The van der Waals surface area contributed by atoms with Gasteiger partial charge >= 0.3 is 0 Å². The van der Waals surface area contributed by atoms with Crippen molar-refractivity contribution in [3.8, 4) is 0 Å². The monoisotopic (exact) mass is 301 g/mol. The lowest BCUT2D eigenvalue weighted by atomic mass is 9.84. The van der Waals surface area contributed by atoms with Crippen LogP contribution in [0.5, 0.6) is 0 Å². The Kier molecular flexibility index (Phi) is 4.16. The van der Waals surface area contributed by atoms with Crippen molar-refractivity contribution >= 4 is 28.3 Å². The quantitative estimate of drug-likeness (QED) is 0.785. The van der Waals surface area contributed by atoms with Gasteiger partial charge in [-0.05, 0) is 35.1 Å². The Morgan fingerprint density at radius 2 is 1.90 bits per heavy atom.